The average molecular weight is 440 g/mol. The van der Waals surface area contributed by atoms with Crippen molar-refractivity contribution >= 4 is 23.7 Å². The van der Waals surface area contributed by atoms with E-state index >= 15 is 0 Å². The van der Waals surface area contributed by atoms with Gasteiger partial charge in [0.1, 0.15) is 5.75 Å². The molecular formula is C24H29N3O5. The number of carbonyl (C=O) groups is 3. The van der Waals surface area contributed by atoms with E-state index in [4.69, 9.17) is 9.47 Å². The van der Waals surface area contributed by atoms with Gasteiger partial charge in [-0.1, -0.05) is 0 Å². The average Bonchev–Trinajstić information content (AvgIpc) is 2.80. The lowest BCUT2D eigenvalue weighted by atomic mass is 10.0. The number of rotatable bonds is 6. The molecule has 0 radical (unpaired) electrons. The highest BCUT2D eigenvalue weighted by Crippen LogP contribution is 2.18. The summed E-state index contributed by atoms with van der Waals surface area (Å²) in [5.74, 6) is 0.133. The van der Waals surface area contributed by atoms with Gasteiger partial charge in [0.25, 0.3) is 11.8 Å². The number of nitrogens with zero attached hydrogens (tertiary/aromatic N) is 2. The molecule has 3 rings (SSSR count). The van der Waals surface area contributed by atoms with Crippen molar-refractivity contribution in [3.05, 3.63) is 59.7 Å². The zero-order valence-corrected chi connectivity index (χ0v) is 18.7. The Morgan fingerprint density at radius 3 is 2.12 bits per heavy atom. The zero-order chi connectivity index (χ0) is 23.1. The largest absolute Gasteiger partial charge is 0.513 e. The van der Waals surface area contributed by atoms with Gasteiger partial charge < -0.3 is 24.6 Å². The zero-order valence-electron chi connectivity index (χ0n) is 18.7. The third-order valence-electron chi connectivity index (χ3n) is 5.33. The Morgan fingerprint density at radius 1 is 0.969 bits per heavy atom. The number of benzene rings is 2. The van der Waals surface area contributed by atoms with E-state index in [-0.39, 0.29) is 24.5 Å². The Hall–Kier alpha value is -3.55. The Labute approximate surface area is 188 Å². The van der Waals surface area contributed by atoms with Gasteiger partial charge in [-0.2, -0.15) is 0 Å². The van der Waals surface area contributed by atoms with Crippen LogP contribution in [0.25, 0.3) is 0 Å². The molecule has 0 unspecified atom stereocenters. The summed E-state index contributed by atoms with van der Waals surface area (Å²) in [7, 11) is 3.91. The fraction of sp³-hybridized carbons (Fsp3) is 0.375. The normalized spacial score (nSPS) is 13.9. The SMILES string of the molecule is CCOC(=O)Oc1ccc(C(=O)N2CCC(NC(=O)c3ccc(N(C)C)cc3)CC2)cc1. The molecule has 1 fully saturated rings. The van der Waals surface area contributed by atoms with Crippen molar-refractivity contribution in [1.82, 2.24) is 10.2 Å². The number of carbonyl (C=O) groups excluding carboxylic acids is 3. The van der Waals surface area contributed by atoms with Crippen molar-refractivity contribution < 1.29 is 23.9 Å². The molecule has 1 saturated heterocycles. The van der Waals surface area contributed by atoms with E-state index in [0.717, 1.165) is 5.69 Å². The molecule has 0 spiro atoms. The third-order valence-corrected chi connectivity index (χ3v) is 5.33. The molecule has 0 bridgehead atoms. The first-order chi connectivity index (χ1) is 15.4. The highest BCUT2D eigenvalue weighted by molar-refractivity contribution is 5.95. The Balaban J connectivity index is 1.49. The molecule has 2 aromatic rings. The van der Waals surface area contributed by atoms with E-state index in [1.54, 1.807) is 36.1 Å². The molecule has 0 saturated carbocycles. The van der Waals surface area contributed by atoms with Crippen LogP contribution in [0.1, 0.15) is 40.5 Å². The van der Waals surface area contributed by atoms with Crippen LogP contribution in [0, 0.1) is 0 Å². The van der Waals surface area contributed by atoms with Crippen LogP contribution in [-0.4, -0.2) is 62.7 Å². The van der Waals surface area contributed by atoms with Crippen LogP contribution < -0.4 is 15.0 Å². The molecule has 1 aliphatic rings. The summed E-state index contributed by atoms with van der Waals surface area (Å²) in [6.45, 7) is 3.05. The summed E-state index contributed by atoms with van der Waals surface area (Å²) in [6, 6.07) is 13.9. The highest BCUT2D eigenvalue weighted by Gasteiger charge is 2.25. The number of amides is 2. The summed E-state index contributed by atoms with van der Waals surface area (Å²) < 4.78 is 9.74. The number of likely N-dealkylation sites (tertiary alicyclic amines) is 1. The van der Waals surface area contributed by atoms with Gasteiger partial charge in [-0.15, -0.1) is 0 Å². The van der Waals surface area contributed by atoms with Crippen LogP contribution in [-0.2, 0) is 4.74 Å². The van der Waals surface area contributed by atoms with Crippen molar-refractivity contribution in [2.45, 2.75) is 25.8 Å². The van der Waals surface area contributed by atoms with Crippen molar-refractivity contribution in [2.24, 2.45) is 0 Å². The van der Waals surface area contributed by atoms with Crippen LogP contribution in [0.2, 0.25) is 0 Å². The minimum Gasteiger partial charge on any atom is -0.434 e. The second kappa shape index (κ2) is 10.7. The molecular weight excluding hydrogens is 410 g/mol. The molecule has 1 aliphatic heterocycles. The lowest BCUT2D eigenvalue weighted by Gasteiger charge is -2.32. The highest BCUT2D eigenvalue weighted by atomic mass is 16.7. The monoisotopic (exact) mass is 439 g/mol. The van der Waals surface area contributed by atoms with Crippen molar-refractivity contribution in [1.29, 1.82) is 0 Å². The lowest BCUT2D eigenvalue weighted by Crippen LogP contribution is -2.46. The second-order valence-corrected chi connectivity index (χ2v) is 7.79. The van der Waals surface area contributed by atoms with E-state index in [1.165, 1.54) is 0 Å². The van der Waals surface area contributed by atoms with Crippen LogP contribution in [0.4, 0.5) is 10.5 Å². The number of hydrogen-bond donors (Lipinski definition) is 1. The predicted octanol–water partition coefficient (Wildman–Crippen LogP) is 3.32. The van der Waals surface area contributed by atoms with Crippen molar-refractivity contribution in [3.63, 3.8) is 0 Å². The van der Waals surface area contributed by atoms with Gasteiger partial charge in [-0.25, -0.2) is 4.79 Å². The van der Waals surface area contributed by atoms with E-state index in [1.807, 2.05) is 43.3 Å². The van der Waals surface area contributed by atoms with E-state index in [9.17, 15) is 14.4 Å². The van der Waals surface area contributed by atoms with Gasteiger partial charge in [0, 0.05) is 50.0 Å². The maximum absolute atomic E-state index is 12.8. The molecule has 2 amide bonds. The summed E-state index contributed by atoms with van der Waals surface area (Å²) in [5, 5.41) is 3.07. The van der Waals surface area contributed by atoms with Crippen LogP contribution >= 0.6 is 0 Å². The molecule has 32 heavy (non-hydrogen) atoms. The second-order valence-electron chi connectivity index (χ2n) is 7.79. The smallest absolute Gasteiger partial charge is 0.434 e. The van der Waals surface area contributed by atoms with Crippen LogP contribution in [0.5, 0.6) is 5.75 Å². The molecule has 1 heterocycles. The van der Waals surface area contributed by atoms with E-state index in [0.29, 0.717) is 42.8 Å². The Bertz CT molecular complexity index is 933. The standard InChI is InChI=1S/C24H29N3O5/c1-4-31-24(30)32-21-11-7-18(8-12-21)23(29)27-15-13-19(14-16-27)25-22(28)17-5-9-20(10-6-17)26(2)3/h5-12,19H,4,13-16H2,1-3H3,(H,25,28). The third kappa shape index (κ3) is 6.00. The maximum Gasteiger partial charge on any atom is 0.513 e. The van der Waals surface area contributed by atoms with Crippen LogP contribution in [0.3, 0.4) is 0 Å². The molecule has 1 N–H and O–H groups in total. The number of nitrogens with one attached hydrogen (secondary N) is 1. The number of anilines is 1. The van der Waals surface area contributed by atoms with Gasteiger partial charge >= 0.3 is 6.16 Å². The van der Waals surface area contributed by atoms with E-state index < -0.39 is 6.16 Å². The maximum atomic E-state index is 12.8. The molecule has 8 heteroatoms. The lowest BCUT2D eigenvalue weighted by molar-refractivity contribution is 0.0698. The first-order valence-corrected chi connectivity index (χ1v) is 10.7. The van der Waals surface area contributed by atoms with Gasteiger partial charge in [-0.05, 0) is 68.3 Å². The Kier molecular flexibility index (Phi) is 7.70. The quantitative estimate of drug-likeness (QED) is 0.549. The molecule has 0 aromatic heterocycles. The van der Waals surface area contributed by atoms with Crippen molar-refractivity contribution in [3.8, 4) is 5.75 Å². The summed E-state index contributed by atoms with van der Waals surface area (Å²) in [5.41, 5.74) is 2.18. The minimum atomic E-state index is -0.774. The van der Waals surface area contributed by atoms with Gasteiger partial charge in [0.15, 0.2) is 0 Å². The summed E-state index contributed by atoms with van der Waals surface area (Å²) >= 11 is 0. The topological polar surface area (TPSA) is 88.2 Å². The number of ether oxygens (including phenoxy) is 2. The summed E-state index contributed by atoms with van der Waals surface area (Å²) in [6.07, 6.45) is 0.610. The fourth-order valence-corrected chi connectivity index (χ4v) is 3.50. The van der Waals surface area contributed by atoms with Gasteiger partial charge in [0.05, 0.1) is 6.61 Å². The number of piperidine rings is 1. The van der Waals surface area contributed by atoms with Crippen LogP contribution in [0.15, 0.2) is 48.5 Å². The summed E-state index contributed by atoms with van der Waals surface area (Å²) in [4.78, 5) is 40.4. The minimum absolute atomic E-state index is 0.0282. The molecule has 0 aliphatic carbocycles. The molecule has 170 valence electrons. The van der Waals surface area contributed by atoms with Gasteiger partial charge in [-0.3, -0.25) is 9.59 Å². The first-order valence-electron chi connectivity index (χ1n) is 10.7. The number of hydrogen-bond acceptors (Lipinski definition) is 6. The fourth-order valence-electron chi connectivity index (χ4n) is 3.50. The molecule has 2 aromatic carbocycles. The molecule has 0 atom stereocenters. The predicted molar refractivity (Wildman–Crippen MR) is 121 cm³/mol. The van der Waals surface area contributed by atoms with Gasteiger partial charge in [0.2, 0.25) is 0 Å². The molecule has 8 nitrogen and oxygen atoms in total. The first kappa shape index (κ1) is 23.1. The van der Waals surface area contributed by atoms with Crippen molar-refractivity contribution in [2.75, 3.05) is 38.7 Å². The van der Waals surface area contributed by atoms with E-state index in [2.05, 4.69) is 5.32 Å². The Morgan fingerprint density at radius 2 is 1.56 bits per heavy atom.